The van der Waals surface area contributed by atoms with E-state index >= 15 is 0 Å². The number of imidazole rings is 1. The van der Waals surface area contributed by atoms with Crippen LogP contribution in [0.5, 0.6) is 0 Å². The molecule has 1 N–H and O–H groups in total. The van der Waals surface area contributed by atoms with Crippen LogP contribution in [-0.4, -0.2) is 9.97 Å². The number of benzene rings is 3. The van der Waals surface area contributed by atoms with E-state index in [-0.39, 0.29) is 5.41 Å². The summed E-state index contributed by atoms with van der Waals surface area (Å²) < 4.78 is 0. The third-order valence-corrected chi connectivity index (χ3v) is 6.35. The highest BCUT2D eigenvalue weighted by atomic mass is 32.2. The highest BCUT2D eigenvalue weighted by molar-refractivity contribution is 7.99. The Morgan fingerprint density at radius 1 is 0.929 bits per heavy atom. The van der Waals surface area contributed by atoms with Gasteiger partial charge in [-0.15, -0.1) is 11.8 Å². The number of thioether (sulfide) groups is 1. The smallest absolute Gasteiger partial charge is 0.107 e. The second kappa shape index (κ2) is 7.84. The second-order valence-electron chi connectivity index (χ2n) is 8.23. The number of aromatic amines is 1. The second-order valence-corrected chi connectivity index (χ2v) is 9.50. The van der Waals surface area contributed by atoms with Crippen molar-refractivity contribution < 1.29 is 0 Å². The van der Waals surface area contributed by atoms with E-state index in [0.717, 1.165) is 12.2 Å². The molecule has 1 aromatic heterocycles. The fourth-order valence-electron chi connectivity index (χ4n) is 3.42. The van der Waals surface area contributed by atoms with Crippen LogP contribution in [0.3, 0.4) is 0 Å². The van der Waals surface area contributed by atoms with Crippen molar-refractivity contribution in [3.05, 3.63) is 96.1 Å². The zero-order valence-corrected chi connectivity index (χ0v) is 17.5. The number of hydrogen-bond acceptors (Lipinski definition) is 2. The van der Waals surface area contributed by atoms with E-state index in [0.29, 0.717) is 5.25 Å². The first-order valence-electron chi connectivity index (χ1n) is 9.73. The minimum absolute atomic E-state index is 0.176. The fraction of sp³-hybridized carbons (Fsp3) is 0.240. The average Bonchev–Trinajstić information content (AvgIpc) is 3.20. The SMILES string of the molecule is CC(C)(C)c1ccc(SC(Cc2ncc[nH]2)c2ccc3ccccc3c2)cc1. The molecule has 0 aliphatic rings. The Bertz CT molecular complexity index is 1040. The van der Waals surface area contributed by atoms with Gasteiger partial charge in [0.05, 0.1) is 0 Å². The van der Waals surface area contributed by atoms with Crippen molar-refractivity contribution >= 4 is 22.5 Å². The van der Waals surface area contributed by atoms with Crippen molar-refractivity contribution in [1.82, 2.24) is 9.97 Å². The molecule has 0 fully saturated rings. The first-order valence-corrected chi connectivity index (χ1v) is 10.6. The van der Waals surface area contributed by atoms with Gasteiger partial charge in [-0.1, -0.05) is 75.4 Å². The monoisotopic (exact) mass is 386 g/mol. The number of H-pyrrole nitrogens is 1. The van der Waals surface area contributed by atoms with Crippen LogP contribution in [0.25, 0.3) is 10.8 Å². The summed E-state index contributed by atoms with van der Waals surface area (Å²) >= 11 is 1.91. The van der Waals surface area contributed by atoms with Crippen LogP contribution in [0.1, 0.15) is 43.0 Å². The topological polar surface area (TPSA) is 28.7 Å². The molecule has 28 heavy (non-hydrogen) atoms. The molecule has 4 rings (SSSR count). The highest BCUT2D eigenvalue weighted by Gasteiger charge is 2.18. The van der Waals surface area contributed by atoms with Gasteiger partial charge in [0.25, 0.3) is 0 Å². The van der Waals surface area contributed by atoms with Gasteiger partial charge in [0.15, 0.2) is 0 Å². The normalized spacial score (nSPS) is 13.0. The van der Waals surface area contributed by atoms with Gasteiger partial charge in [0.2, 0.25) is 0 Å². The van der Waals surface area contributed by atoms with Crippen molar-refractivity contribution in [2.45, 2.75) is 42.8 Å². The maximum Gasteiger partial charge on any atom is 0.107 e. The summed E-state index contributed by atoms with van der Waals surface area (Å²) in [5.74, 6) is 1.02. The maximum absolute atomic E-state index is 4.46. The summed E-state index contributed by atoms with van der Waals surface area (Å²) in [5.41, 5.74) is 2.87. The Morgan fingerprint density at radius 2 is 1.68 bits per heavy atom. The Kier molecular flexibility index (Phi) is 5.27. The van der Waals surface area contributed by atoms with E-state index in [9.17, 15) is 0 Å². The fourth-order valence-corrected chi connectivity index (χ4v) is 4.56. The Balaban J connectivity index is 1.64. The van der Waals surface area contributed by atoms with Crippen LogP contribution in [0, 0.1) is 0 Å². The van der Waals surface area contributed by atoms with E-state index in [2.05, 4.69) is 97.5 Å². The predicted molar refractivity (Wildman–Crippen MR) is 120 cm³/mol. The molecule has 3 heteroatoms. The number of nitrogens with one attached hydrogen (secondary N) is 1. The van der Waals surface area contributed by atoms with Gasteiger partial charge in [0.1, 0.15) is 5.82 Å². The van der Waals surface area contributed by atoms with Gasteiger partial charge >= 0.3 is 0 Å². The molecular formula is C25H26N2S. The number of fused-ring (bicyclic) bond motifs is 1. The quantitative estimate of drug-likeness (QED) is 0.376. The molecule has 0 amide bonds. The Morgan fingerprint density at radius 3 is 2.36 bits per heavy atom. The molecule has 3 aromatic carbocycles. The minimum atomic E-state index is 0.176. The molecule has 1 atom stereocenters. The lowest BCUT2D eigenvalue weighted by atomic mass is 9.87. The maximum atomic E-state index is 4.46. The first-order chi connectivity index (χ1) is 13.5. The molecule has 0 saturated carbocycles. The molecule has 142 valence electrons. The number of aromatic nitrogens is 2. The molecule has 0 spiro atoms. The van der Waals surface area contributed by atoms with Gasteiger partial charge in [-0.25, -0.2) is 4.98 Å². The van der Waals surface area contributed by atoms with Crippen LogP contribution in [0.15, 0.2) is 84.0 Å². The largest absolute Gasteiger partial charge is 0.349 e. The molecule has 0 aliphatic heterocycles. The highest BCUT2D eigenvalue weighted by Crippen LogP contribution is 2.39. The van der Waals surface area contributed by atoms with E-state index < -0.39 is 0 Å². The van der Waals surface area contributed by atoms with Crippen molar-refractivity contribution in [2.24, 2.45) is 0 Å². The van der Waals surface area contributed by atoms with Crippen LogP contribution in [0.4, 0.5) is 0 Å². The van der Waals surface area contributed by atoms with Crippen LogP contribution < -0.4 is 0 Å². The van der Waals surface area contributed by atoms with Crippen LogP contribution in [-0.2, 0) is 11.8 Å². The van der Waals surface area contributed by atoms with Crippen molar-refractivity contribution in [3.63, 3.8) is 0 Å². The van der Waals surface area contributed by atoms with E-state index in [1.165, 1.54) is 26.8 Å². The lowest BCUT2D eigenvalue weighted by Crippen LogP contribution is -2.10. The zero-order chi connectivity index (χ0) is 19.6. The summed E-state index contributed by atoms with van der Waals surface area (Å²) in [6, 6.07) is 24.4. The third-order valence-electron chi connectivity index (χ3n) is 5.08. The molecule has 2 nitrogen and oxygen atoms in total. The Hall–Kier alpha value is -2.52. The number of rotatable bonds is 5. The van der Waals surface area contributed by atoms with E-state index in [4.69, 9.17) is 0 Å². The Labute approximate surface area is 171 Å². The molecule has 0 aliphatic carbocycles. The molecule has 1 unspecified atom stereocenters. The third kappa shape index (κ3) is 4.31. The molecule has 4 aromatic rings. The number of hydrogen-bond donors (Lipinski definition) is 1. The summed E-state index contributed by atoms with van der Waals surface area (Å²) in [6.45, 7) is 6.76. The molecule has 0 bridgehead atoms. The van der Waals surface area contributed by atoms with Gasteiger partial charge < -0.3 is 4.98 Å². The molecule has 0 radical (unpaired) electrons. The van der Waals surface area contributed by atoms with Gasteiger partial charge in [0, 0.05) is 29.0 Å². The van der Waals surface area contributed by atoms with E-state index in [1.54, 1.807) is 0 Å². The molecule has 0 saturated heterocycles. The van der Waals surface area contributed by atoms with Crippen LogP contribution >= 0.6 is 11.8 Å². The lowest BCUT2D eigenvalue weighted by Gasteiger charge is -2.20. The first kappa shape index (κ1) is 18.8. The van der Waals surface area contributed by atoms with Crippen molar-refractivity contribution in [1.29, 1.82) is 0 Å². The molecular weight excluding hydrogens is 360 g/mol. The zero-order valence-electron chi connectivity index (χ0n) is 16.6. The van der Waals surface area contributed by atoms with Crippen molar-refractivity contribution in [2.75, 3.05) is 0 Å². The van der Waals surface area contributed by atoms with Gasteiger partial charge in [-0.2, -0.15) is 0 Å². The van der Waals surface area contributed by atoms with E-state index in [1.807, 2.05) is 24.2 Å². The molecule has 1 heterocycles. The number of nitrogens with zero attached hydrogens (tertiary/aromatic N) is 1. The summed E-state index contributed by atoms with van der Waals surface area (Å²) in [7, 11) is 0. The summed E-state index contributed by atoms with van der Waals surface area (Å²) in [6.07, 6.45) is 4.60. The van der Waals surface area contributed by atoms with Crippen molar-refractivity contribution in [3.8, 4) is 0 Å². The lowest BCUT2D eigenvalue weighted by molar-refractivity contribution is 0.590. The van der Waals surface area contributed by atoms with Crippen LogP contribution in [0.2, 0.25) is 0 Å². The summed E-state index contributed by atoms with van der Waals surface area (Å²) in [4.78, 5) is 9.02. The standard InChI is InChI=1S/C25H26N2S/c1-25(2,3)21-10-12-22(13-11-21)28-23(17-24-26-14-15-27-24)20-9-8-18-6-4-5-7-19(18)16-20/h4-16,23H,17H2,1-3H3,(H,26,27). The summed E-state index contributed by atoms with van der Waals surface area (Å²) in [5, 5.41) is 2.87. The van der Waals surface area contributed by atoms with Gasteiger partial charge in [-0.3, -0.25) is 0 Å². The van der Waals surface area contributed by atoms with Gasteiger partial charge in [-0.05, 0) is 39.4 Å². The predicted octanol–water partition coefficient (Wildman–Crippen LogP) is 6.94. The minimum Gasteiger partial charge on any atom is -0.349 e. The average molecular weight is 387 g/mol.